The van der Waals surface area contributed by atoms with Crippen LogP contribution in [0.2, 0.25) is 0 Å². The van der Waals surface area contributed by atoms with Gasteiger partial charge in [-0.25, -0.2) is 0 Å². The summed E-state index contributed by atoms with van der Waals surface area (Å²) in [6.45, 7) is 4.19. The highest BCUT2D eigenvalue weighted by Crippen LogP contribution is 1.93. The van der Waals surface area contributed by atoms with Crippen molar-refractivity contribution in [3.05, 3.63) is 12.7 Å². The molecule has 0 aliphatic carbocycles. The van der Waals surface area contributed by atoms with E-state index >= 15 is 0 Å². The molecule has 0 heterocycles. The molecule has 0 rings (SSSR count). The molecule has 0 radical (unpaired) electrons. The Labute approximate surface area is 83.6 Å². The molecule has 0 unspecified atom stereocenters. The summed E-state index contributed by atoms with van der Waals surface area (Å²) in [7, 11) is 3.52. The molecule has 1 N–H and O–H groups in total. The number of carboxylic acid groups (broad SMARTS) is 1. The van der Waals surface area contributed by atoms with Crippen LogP contribution < -0.4 is 10.4 Å². The third-order valence-corrected chi connectivity index (χ3v) is 1.76. The Morgan fingerprint density at radius 3 is 2.50 bits per heavy atom. The fourth-order valence-electron chi connectivity index (χ4n) is 0.982. The Hall–Kier alpha value is -1.36. The normalized spacial score (nSPS) is 10.7. The van der Waals surface area contributed by atoms with Gasteiger partial charge in [-0.3, -0.25) is 4.79 Å². The van der Waals surface area contributed by atoms with Crippen molar-refractivity contribution < 1.29 is 19.2 Å². The molecule has 0 aliphatic rings. The highest BCUT2D eigenvalue weighted by atomic mass is 16.4. The van der Waals surface area contributed by atoms with Crippen LogP contribution in [0.1, 0.15) is 0 Å². The molecular weight excluding hydrogens is 184 g/mol. The van der Waals surface area contributed by atoms with Crippen LogP contribution in [-0.2, 0) is 9.59 Å². The van der Waals surface area contributed by atoms with Crippen molar-refractivity contribution in [2.45, 2.75) is 0 Å². The SMILES string of the molecule is C=CC(=O)NCC[N+](C)(C)CC(=O)[O-]. The molecule has 0 spiro atoms. The zero-order valence-corrected chi connectivity index (χ0v) is 8.58. The minimum Gasteiger partial charge on any atom is -0.544 e. The van der Waals surface area contributed by atoms with Gasteiger partial charge in [0, 0.05) is 0 Å². The van der Waals surface area contributed by atoms with Gasteiger partial charge in [0.15, 0.2) is 0 Å². The van der Waals surface area contributed by atoms with E-state index in [4.69, 9.17) is 0 Å². The van der Waals surface area contributed by atoms with E-state index in [9.17, 15) is 14.7 Å². The van der Waals surface area contributed by atoms with Gasteiger partial charge in [0.05, 0.1) is 33.2 Å². The van der Waals surface area contributed by atoms with Gasteiger partial charge in [-0.15, -0.1) is 0 Å². The molecular formula is C9H16N2O3. The molecule has 0 atom stereocenters. The lowest BCUT2D eigenvalue weighted by molar-refractivity contribution is -0.883. The number of nitrogens with zero attached hydrogens (tertiary/aromatic N) is 1. The lowest BCUT2D eigenvalue weighted by atomic mass is 10.4. The number of carbonyl (C=O) groups is 2. The largest absolute Gasteiger partial charge is 0.544 e. The van der Waals surface area contributed by atoms with E-state index in [1.807, 2.05) is 0 Å². The van der Waals surface area contributed by atoms with E-state index in [1.54, 1.807) is 14.1 Å². The quantitative estimate of drug-likeness (QED) is 0.403. The molecule has 0 aromatic rings. The molecule has 0 saturated heterocycles. The van der Waals surface area contributed by atoms with Crippen LogP contribution in [-0.4, -0.2) is 50.1 Å². The maximum atomic E-state index is 10.8. The first-order chi connectivity index (χ1) is 6.37. The molecule has 5 nitrogen and oxygen atoms in total. The van der Waals surface area contributed by atoms with E-state index in [0.29, 0.717) is 13.1 Å². The fourth-order valence-corrected chi connectivity index (χ4v) is 0.982. The summed E-state index contributed by atoms with van der Waals surface area (Å²) < 4.78 is 0.278. The van der Waals surface area contributed by atoms with Crippen molar-refractivity contribution in [2.75, 3.05) is 33.7 Å². The van der Waals surface area contributed by atoms with Gasteiger partial charge >= 0.3 is 0 Å². The zero-order valence-electron chi connectivity index (χ0n) is 8.58. The number of amides is 1. The number of quaternary nitrogens is 1. The number of carbonyl (C=O) groups excluding carboxylic acids is 2. The molecule has 0 aromatic heterocycles. The average Bonchev–Trinajstić information content (AvgIpc) is 2.01. The second-order valence-electron chi connectivity index (χ2n) is 3.68. The third kappa shape index (κ3) is 6.19. The molecule has 0 bridgehead atoms. The molecule has 0 saturated carbocycles. The van der Waals surface area contributed by atoms with Crippen molar-refractivity contribution in [1.29, 1.82) is 0 Å². The number of likely N-dealkylation sites (N-methyl/N-ethyl adjacent to an activating group) is 1. The van der Waals surface area contributed by atoms with Crippen LogP contribution in [0.15, 0.2) is 12.7 Å². The predicted octanol–water partition coefficient (Wildman–Crippen LogP) is -1.89. The van der Waals surface area contributed by atoms with Gasteiger partial charge in [0.1, 0.15) is 6.54 Å². The van der Waals surface area contributed by atoms with Gasteiger partial charge < -0.3 is 19.7 Å². The van der Waals surface area contributed by atoms with Crippen molar-refractivity contribution >= 4 is 11.9 Å². The molecule has 0 aromatic carbocycles. The Bertz CT molecular complexity index is 236. The summed E-state index contributed by atoms with van der Waals surface area (Å²) in [5.41, 5.74) is 0. The summed E-state index contributed by atoms with van der Waals surface area (Å²) in [6.07, 6.45) is 1.18. The summed E-state index contributed by atoms with van der Waals surface area (Å²) >= 11 is 0. The first-order valence-corrected chi connectivity index (χ1v) is 4.29. The molecule has 0 fully saturated rings. The maximum Gasteiger partial charge on any atom is 0.243 e. The summed E-state index contributed by atoms with van der Waals surface area (Å²) in [4.78, 5) is 21.1. The molecule has 14 heavy (non-hydrogen) atoms. The summed E-state index contributed by atoms with van der Waals surface area (Å²) in [5, 5.41) is 12.9. The minimum atomic E-state index is -1.09. The first-order valence-electron chi connectivity index (χ1n) is 4.29. The van der Waals surface area contributed by atoms with Crippen LogP contribution in [0.5, 0.6) is 0 Å². The van der Waals surface area contributed by atoms with Crippen LogP contribution >= 0.6 is 0 Å². The molecule has 0 aliphatic heterocycles. The van der Waals surface area contributed by atoms with E-state index in [1.165, 1.54) is 6.08 Å². The Balaban J connectivity index is 3.81. The fraction of sp³-hybridized carbons (Fsp3) is 0.556. The molecule has 1 amide bonds. The van der Waals surface area contributed by atoms with Crippen LogP contribution in [0, 0.1) is 0 Å². The van der Waals surface area contributed by atoms with Gasteiger partial charge in [0.25, 0.3) is 0 Å². The number of hydrogen-bond donors (Lipinski definition) is 1. The first kappa shape index (κ1) is 12.6. The summed E-state index contributed by atoms with van der Waals surface area (Å²) in [6, 6.07) is 0. The lowest BCUT2D eigenvalue weighted by Crippen LogP contribution is -2.51. The van der Waals surface area contributed by atoms with Crippen molar-refractivity contribution in [1.82, 2.24) is 5.32 Å². The number of aliphatic carboxylic acids is 1. The highest BCUT2D eigenvalue weighted by molar-refractivity contribution is 5.86. The summed E-state index contributed by atoms with van der Waals surface area (Å²) in [5.74, 6) is -1.34. The average molecular weight is 200 g/mol. The van der Waals surface area contributed by atoms with Crippen LogP contribution in [0.25, 0.3) is 0 Å². The second kappa shape index (κ2) is 5.39. The van der Waals surface area contributed by atoms with Gasteiger partial charge in [-0.05, 0) is 6.08 Å². The zero-order chi connectivity index (χ0) is 11.2. The smallest absolute Gasteiger partial charge is 0.243 e. The number of hydrogen-bond acceptors (Lipinski definition) is 3. The topological polar surface area (TPSA) is 69.2 Å². The van der Waals surface area contributed by atoms with Crippen molar-refractivity contribution in [3.63, 3.8) is 0 Å². The lowest BCUT2D eigenvalue weighted by Gasteiger charge is -2.29. The maximum absolute atomic E-state index is 10.8. The van der Waals surface area contributed by atoms with Crippen molar-refractivity contribution in [2.24, 2.45) is 0 Å². The van der Waals surface area contributed by atoms with Crippen LogP contribution in [0.4, 0.5) is 0 Å². The van der Waals surface area contributed by atoms with E-state index in [0.717, 1.165) is 0 Å². The molecule has 80 valence electrons. The van der Waals surface area contributed by atoms with Crippen LogP contribution in [0.3, 0.4) is 0 Å². The van der Waals surface area contributed by atoms with Gasteiger partial charge in [0.2, 0.25) is 5.91 Å². The Kier molecular flexibility index (Phi) is 4.86. The second-order valence-corrected chi connectivity index (χ2v) is 3.68. The number of carboxylic acids is 1. The Morgan fingerprint density at radius 2 is 2.07 bits per heavy atom. The number of rotatable bonds is 6. The monoisotopic (exact) mass is 200 g/mol. The van der Waals surface area contributed by atoms with Gasteiger partial charge in [-0.2, -0.15) is 0 Å². The van der Waals surface area contributed by atoms with Crippen molar-refractivity contribution in [3.8, 4) is 0 Å². The minimum absolute atomic E-state index is 0.0655. The van der Waals surface area contributed by atoms with Gasteiger partial charge in [-0.1, -0.05) is 6.58 Å². The molecule has 5 heteroatoms. The highest BCUT2D eigenvalue weighted by Gasteiger charge is 2.14. The number of nitrogens with one attached hydrogen (secondary N) is 1. The van der Waals surface area contributed by atoms with E-state index < -0.39 is 5.97 Å². The van der Waals surface area contributed by atoms with E-state index in [2.05, 4.69) is 11.9 Å². The standard InChI is InChI=1S/C9H16N2O3/c1-4-8(12)10-5-6-11(2,3)7-9(13)14/h4H,1,5-7H2,2-3H3,(H-,10,12,13,14). The third-order valence-electron chi connectivity index (χ3n) is 1.76. The predicted molar refractivity (Wildman–Crippen MR) is 50.1 cm³/mol. The van der Waals surface area contributed by atoms with E-state index in [-0.39, 0.29) is 16.9 Å². The Morgan fingerprint density at radius 1 is 1.50 bits per heavy atom.